The van der Waals surface area contributed by atoms with Crippen molar-refractivity contribution in [3.8, 4) is 5.75 Å². The highest BCUT2D eigenvalue weighted by molar-refractivity contribution is 5.85. The van der Waals surface area contributed by atoms with Gasteiger partial charge in [0.05, 0.1) is 6.54 Å². The van der Waals surface area contributed by atoms with Gasteiger partial charge >= 0.3 is 0 Å². The minimum Gasteiger partial charge on any atom is -0.484 e. The van der Waals surface area contributed by atoms with Crippen LogP contribution in [0.2, 0.25) is 0 Å². The number of nitrogens with zero attached hydrogens (tertiary/aromatic N) is 2. The number of hydrogen-bond donors (Lipinski definition) is 1. The van der Waals surface area contributed by atoms with E-state index < -0.39 is 0 Å². The van der Waals surface area contributed by atoms with Gasteiger partial charge in [0.1, 0.15) is 5.75 Å². The lowest BCUT2D eigenvalue weighted by Gasteiger charge is -2.36. The van der Waals surface area contributed by atoms with Gasteiger partial charge < -0.3 is 19.9 Å². The first-order chi connectivity index (χ1) is 13.1. The van der Waals surface area contributed by atoms with Crippen molar-refractivity contribution in [2.45, 2.75) is 6.92 Å². The third-order valence-corrected chi connectivity index (χ3v) is 4.58. The van der Waals surface area contributed by atoms with E-state index in [0.717, 1.165) is 18.7 Å². The Kier molecular flexibility index (Phi) is 6.30. The van der Waals surface area contributed by atoms with Crippen molar-refractivity contribution in [1.29, 1.82) is 0 Å². The first kappa shape index (κ1) is 18.8. The fourth-order valence-corrected chi connectivity index (χ4v) is 2.97. The Bertz CT molecular complexity index is 754. The zero-order valence-corrected chi connectivity index (χ0v) is 15.6. The maximum Gasteiger partial charge on any atom is 0.258 e. The van der Waals surface area contributed by atoms with Crippen LogP contribution in [0.4, 0.5) is 5.69 Å². The van der Waals surface area contributed by atoms with Crippen molar-refractivity contribution in [3.63, 3.8) is 0 Å². The van der Waals surface area contributed by atoms with Crippen molar-refractivity contribution >= 4 is 17.5 Å². The molecule has 0 aromatic heterocycles. The van der Waals surface area contributed by atoms with Gasteiger partial charge in [0.25, 0.3) is 5.91 Å². The number of carbonyl (C=O) groups is 2. The number of piperazine rings is 1. The van der Waals surface area contributed by atoms with E-state index in [1.807, 2.05) is 49.4 Å². The Balaban J connectivity index is 1.37. The second-order valence-electron chi connectivity index (χ2n) is 6.58. The highest BCUT2D eigenvalue weighted by atomic mass is 16.5. The van der Waals surface area contributed by atoms with Crippen LogP contribution in [0.1, 0.15) is 5.56 Å². The summed E-state index contributed by atoms with van der Waals surface area (Å²) >= 11 is 0. The van der Waals surface area contributed by atoms with Gasteiger partial charge in [0, 0.05) is 31.9 Å². The number of rotatable bonds is 6. The Morgan fingerprint density at radius 1 is 0.963 bits per heavy atom. The van der Waals surface area contributed by atoms with E-state index in [-0.39, 0.29) is 25.0 Å². The summed E-state index contributed by atoms with van der Waals surface area (Å²) in [5.74, 6) is 0.275. The van der Waals surface area contributed by atoms with Crippen molar-refractivity contribution < 1.29 is 14.3 Å². The molecule has 0 aliphatic carbocycles. The highest BCUT2D eigenvalue weighted by Gasteiger charge is 2.21. The highest BCUT2D eigenvalue weighted by Crippen LogP contribution is 2.15. The molecule has 0 saturated carbocycles. The predicted molar refractivity (Wildman–Crippen MR) is 105 cm³/mol. The van der Waals surface area contributed by atoms with E-state index in [2.05, 4.69) is 22.3 Å². The van der Waals surface area contributed by atoms with Gasteiger partial charge in [-0.2, -0.15) is 0 Å². The van der Waals surface area contributed by atoms with Gasteiger partial charge in [-0.25, -0.2) is 0 Å². The molecule has 142 valence electrons. The minimum absolute atomic E-state index is 0.00142. The number of ether oxygens (including phenoxy) is 1. The summed E-state index contributed by atoms with van der Waals surface area (Å²) in [7, 11) is 0. The van der Waals surface area contributed by atoms with Crippen LogP contribution < -0.4 is 15.0 Å². The Morgan fingerprint density at radius 3 is 2.30 bits per heavy atom. The number of anilines is 1. The van der Waals surface area contributed by atoms with E-state index >= 15 is 0 Å². The monoisotopic (exact) mass is 367 g/mol. The van der Waals surface area contributed by atoms with E-state index in [4.69, 9.17) is 4.74 Å². The Labute approximate surface area is 159 Å². The van der Waals surface area contributed by atoms with E-state index in [1.54, 1.807) is 4.90 Å². The van der Waals surface area contributed by atoms with Crippen LogP contribution in [0.25, 0.3) is 0 Å². The van der Waals surface area contributed by atoms with E-state index in [9.17, 15) is 9.59 Å². The molecule has 2 aromatic rings. The smallest absolute Gasteiger partial charge is 0.258 e. The first-order valence-electron chi connectivity index (χ1n) is 9.16. The lowest BCUT2D eigenvalue weighted by molar-refractivity contribution is -0.133. The van der Waals surface area contributed by atoms with Crippen molar-refractivity contribution in [2.24, 2.45) is 0 Å². The molecule has 0 bridgehead atoms. The first-order valence-corrected chi connectivity index (χ1v) is 9.16. The van der Waals surface area contributed by atoms with E-state index in [1.165, 1.54) is 5.69 Å². The summed E-state index contributed by atoms with van der Waals surface area (Å²) < 4.78 is 5.42. The van der Waals surface area contributed by atoms with Gasteiger partial charge in [0.15, 0.2) is 6.61 Å². The number of amides is 2. The average Bonchev–Trinajstić information content (AvgIpc) is 2.72. The van der Waals surface area contributed by atoms with Gasteiger partial charge in [-0.1, -0.05) is 35.9 Å². The molecule has 2 aromatic carbocycles. The summed E-state index contributed by atoms with van der Waals surface area (Å²) in [4.78, 5) is 28.3. The molecule has 1 aliphatic heterocycles. The number of aryl methyl sites for hydroxylation is 1. The molecule has 0 unspecified atom stereocenters. The third kappa shape index (κ3) is 5.48. The molecular weight excluding hydrogens is 342 g/mol. The van der Waals surface area contributed by atoms with Crippen LogP contribution in [-0.4, -0.2) is 56.0 Å². The molecule has 1 fully saturated rings. The summed E-state index contributed by atoms with van der Waals surface area (Å²) in [5, 5.41) is 2.64. The molecular formula is C21H25N3O3. The molecule has 2 amide bonds. The summed E-state index contributed by atoms with van der Waals surface area (Å²) in [6.07, 6.45) is 0. The van der Waals surface area contributed by atoms with Crippen LogP contribution in [0.3, 0.4) is 0 Å². The van der Waals surface area contributed by atoms with Crippen molar-refractivity contribution in [2.75, 3.05) is 44.2 Å². The van der Waals surface area contributed by atoms with Crippen LogP contribution in [0, 0.1) is 6.92 Å². The molecule has 6 nitrogen and oxygen atoms in total. The average molecular weight is 367 g/mol. The van der Waals surface area contributed by atoms with Gasteiger partial charge in [0.2, 0.25) is 5.91 Å². The van der Waals surface area contributed by atoms with Crippen LogP contribution in [0.5, 0.6) is 5.75 Å². The molecule has 0 radical (unpaired) electrons. The molecule has 1 saturated heterocycles. The Hall–Kier alpha value is -3.02. The summed E-state index contributed by atoms with van der Waals surface area (Å²) in [6, 6.07) is 17.7. The normalized spacial score (nSPS) is 14.0. The number of hydrogen-bond acceptors (Lipinski definition) is 4. The molecule has 1 heterocycles. The second-order valence-corrected chi connectivity index (χ2v) is 6.58. The molecule has 6 heteroatoms. The fraction of sp³-hybridized carbons (Fsp3) is 0.333. The summed E-state index contributed by atoms with van der Waals surface area (Å²) in [6.45, 7) is 4.79. The maximum atomic E-state index is 12.3. The maximum absolute atomic E-state index is 12.3. The number of para-hydroxylation sites is 1. The lowest BCUT2D eigenvalue weighted by atomic mass is 10.2. The third-order valence-electron chi connectivity index (χ3n) is 4.58. The number of carbonyl (C=O) groups excluding carboxylic acids is 2. The van der Waals surface area contributed by atoms with Crippen molar-refractivity contribution in [1.82, 2.24) is 10.2 Å². The van der Waals surface area contributed by atoms with Crippen LogP contribution in [-0.2, 0) is 9.59 Å². The predicted octanol–water partition coefficient (Wildman–Crippen LogP) is 1.84. The van der Waals surface area contributed by atoms with Crippen LogP contribution in [0.15, 0.2) is 54.6 Å². The molecule has 1 N–H and O–H groups in total. The number of benzene rings is 2. The van der Waals surface area contributed by atoms with Gasteiger partial charge in [-0.15, -0.1) is 0 Å². The molecule has 27 heavy (non-hydrogen) atoms. The summed E-state index contributed by atoms with van der Waals surface area (Å²) in [5.41, 5.74) is 2.30. The molecule has 3 rings (SSSR count). The molecule has 0 spiro atoms. The lowest BCUT2D eigenvalue weighted by Crippen LogP contribution is -2.51. The fourth-order valence-electron chi connectivity index (χ4n) is 2.97. The topological polar surface area (TPSA) is 61.9 Å². The SMILES string of the molecule is Cc1ccc(OCC(=O)NCC(=O)N2CCN(c3ccccc3)CC2)cc1. The second kappa shape index (κ2) is 9.07. The van der Waals surface area contributed by atoms with E-state index in [0.29, 0.717) is 18.8 Å². The standard InChI is InChI=1S/C21H25N3O3/c1-17-7-9-19(10-8-17)27-16-20(25)22-15-21(26)24-13-11-23(12-14-24)18-5-3-2-4-6-18/h2-10H,11-16H2,1H3,(H,22,25). The molecule has 1 aliphatic rings. The quantitative estimate of drug-likeness (QED) is 0.846. The van der Waals surface area contributed by atoms with Crippen LogP contribution >= 0.6 is 0 Å². The molecule has 0 atom stereocenters. The van der Waals surface area contributed by atoms with Gasteiger partial charge in [-0.3, -0.25) is 9.59 Å². The zero-order chi connectivity index (χ0) is 19.1. The number of nitrogens with one attached hydrogen (secondary N) is 1. The largest absolute Gasteiger partial charge is 0.484 e. The Morgan fingerprint density at radius 2 is 1.63 bits per heavy atom. The minimum atomic E-state index is -0.299. The van der Waals surface area contributed by atoms with Gasteiger partial charge in [-0.05, 0) is 31.2 Å². The zero-order valence-electron chi connectivity index (χ0n) is 15.6. The van der Waals surface area contributed by atoms with Crippen molar-refractivity contribution in [3.05, 3.63) is 60.2 Å².